The largest absolute Gasteiger partial charge is 0.468 e. The summed E-state index contributed by atoms with van der Waals surface area (Å²) in [5.41, 5.74) is 9.17. The summed E-state index contributed by atoms with van der Waals surface area (Å²) in [6.45, 7) is 4.17. The van der Waals surface area contributed by atoms with Crippen LogP contribution in [0, 0.1) is 5.92 Å². The minimum atomic E-state index is -0.251. The minimum absolute atomic E-state index is 0.178. The highest BCUT2D eigenvalue weighted by atomic mass is 16.5. The van der Waals surface area contributed by atoms with E-state index in [2.05, 4.69) is 25.2 Å². The third-order valence-electron chi connectivity index (χ3n) is 4.29. The van der Waals surface area contributed by atoms with Crippen molar-refractivity contribution in [1.29, 1.82) is 0 Å². The van der Waals surface area contributed by atoms with E-state index in [1.807, 2.05) is 12.1 Å². The minimum Gasteiger partial charge on any atom is -0.468 e. The topological polar surface area (TPSA) is 64.3 Å². The number of nitrogen functional groups attached to an aromatic ring is 1. The summed E-state index contributed by atoms with van der Waals surface area (Å²) >= 11 is 0. The van der Waals surface area contributed by atoms with Gasteiger partial charge in [0.2, 0.25) is 0 Å². The maximum absolute atomic E-state index is 12.0. The molecule has 1 aliphatic rings. The molecule has 0 heterocycles. The molecule has 1 aromatic carbocycles. The summed E-state index contributed by atoms with van der Waals surface area (Å²) in [5, 5.41) is 3.48. The first kappa shape index (κ1) is 14.9. The van der Waals surface area contributed by atoms with Crippen molar-refractivity contribution >= 4 is 11.7 Å². The number of benzene rings is 1. The molecule has 0 aliphatic heterocycles. The number of hydrogen-bond acceptors (Lipinski definition) is 4. The summed E-state index contributed by atoms with van der Waals surface area (Å²) in [5.74, 6) is 0.0727. The van der Waals surface area contributed by atoms with Crippen molar-refractivity contribution < 1.29 is 9.53 Å². The zero-order chi connectivity index (χ0) is 14.7. The second-order valence-electron chi connectivity index (χ2n) is 5.60. The Morgan fingerprint density at radius 3 is 2.95 bits per heavy atom. The highest BCUT2D eigenvalue weighted by Gasteiger charge is 2.31. The Hall–Kier alpha value is -1.55. The number of anilines is 1. The first-order valence-corrected chi connectivity index (χ1v) is 7.29. The van der Waals surface area contributed by atoms with Crippen molar-refractivity contribution in [2.45, 2.75) is 45.2 Å². The van der Waals surface area contributed by atoms with E-state index in [-0.39, 0.29) is 24.0 Å². The molecule has 1 aromatic rings. The van der Waals surface area contributed by atoms with E-state index in [0.29, 0.717) is 0 Å². The van der Waals surface area contributed by atoms with Gasteiger partial charge >= 0.3 is 5.97 Å². The number of nitrogens with one attached hydrogen (secondary N) is 1. The van der Waals surface area contributed by atoms with Crippen molar-refractivity contribution in [1.82, 2.24) is 5.32 Å². The van der Waals surface area contributed by atoms with Gasteiger partial charge in [0.25, 0.3) is 0 Å². The maximum Gasteiger partial charge on any atom is 0.323 e. The molecule has 0 aromatic heterocycles. The SMILES string of the molecule is CCC(C)C(NC1CCc2cc(N)ccc21)C(=O)OC. The Morgan fingerprint density at radius 1 is 1.55 bits per heavy atom. The van der Waals surface area contributed by atoms with E-state index in [1.54, 1.807) is 0 Å². The van der Waals surface area contributed by atoms with E-state index in [1.165, 1.54) is 18.2 Å². The summed E-state index contributed by atoms with van der Waals surface area (Å²) in [6.07, 6.45) is 2.95. The number of nitrogens with two attached hydrogens (primary N) is 1. The van der Waals surface area contributed by atoms with E-state index < -0.39 is 0 Å². The Kier molecular flexibility index (Phi) is 4.65. The molecule has 0 amide bonds. The van der Waals surface area contributed by atoms with Gasteiger partial charge in [-0.3, -0.25) is 10.1 Å². The molecule has 2 rings (SSSR count). The Balaban J connectivity index is 2.15. The number of aryl methyl sites for hydroxylation is 1. The van der Waals surface area contributed by atoms with Crippen LogP contribution in [0.1, 0.15) is 43.9 Å². The molecule has 3 unspecified atom stereocenters. The van der Waals surface area contributed by atoms with Crippen LogP contribution in [0.4, 0.5) is 5.69 Å². The second kappa shape index (κ2) is 6.27. The van der Waals surface area contributed by atoms with Crippen LogP contribution in [0.2, 0.25) is 0 Å². The molecule has 0 radical (unpaired) electrons. The molecule has 0 saturated carbocycles. The maximum atomic E-state index is 12.0. The van der Waals surface area contributed by atoms with Gasteiger partial charge in [0, 0.05) is 11.7 Å². The molecule has 110 valence electrons. The molecule has 20 heavy (non-hydrogen) atoms. The standard InChI is InChI=1S/C16H24N2O2/c1-4-10(2)15(16(19)20-3)18-14-8-5-11-9-12(17)6-7-13(11)14/h6-7,9-10,14-15,18H,4-5,8,17H2,1-3H3. The number of ether oxygens (including phenoxy) is 1. The number of hydrogen-bond donors (Lipinski definition) is 2. The van der Waals surface area contributed by atoms with Gasteiger partial charge in [-0.05, 0) is 42.0 Å². The quantitative estimate of drug-likeness (QED) is 0.640. The molecule has 4 heteroatoms. The van der Waals surface area contributed by atoms with Gasteiger partial charge < -0.3 is 10.5 Å². The zero-order valence-corrected chi connectivity index (χ0v) is 12.5. The van der Waals surface area contributed by atoms with Crippen LogP contribution in [-0.2, 0) is 16.0 Å². The van der Waals surface area contributed by atoms with E-state index in [9.17, 15) is 4.79 Å². The molecule has 1 aliphatic carbocycles. The van der Waals surface area contributed by atoms with E-state index >= 15 is 0 Å². The highest BCUT2D eigenvalue weighted by molar-refractivity contribution is 5.76. The van der Waals surface area contributed by atoms with E-state index in [4.69, 9.17) is 10.5 Å². The van der Waals surface area contributed by atoms with Crippen LogP contribution in [0.15, 0.2) is 18.2 Å². The zero-order valence-electron chi connectivity index (χ0n) is 12.5. The summed E-state index contributed by atoms with van der Waals surface area (Å²) < 4.78 is 4.93. The van der Waals surface area contributed by atoms with Crippen molar-refractivity contribution in [3.05, 3.63) is 29.3 Å². The molecule has 3 N–H and O–H groups in total. The molecule has 0 saturated heterocycles. The average molecular weight is 276 g/mol. The van der Waals surface area contributed by atoms with Crippen molar-refractivity contribution in [2.24, 2.45) is 5.92 Å². The molecule has 3 atom stereocenters. The molecule has 0 fully saturated rings. The lowest BCUT2D eigenvalue weighted by molar-refractivity contribution is -0.144. The summed E-state index contributed by atoms with van der Waals surface area (Å²) in [4.78, 5) is 12.0. The van der Waals surface area contributed by atoms with Crippen molar-refractivity contribution in [3.8, 4) is 0 Å². The Morgan fingerprint density at radius 2 is 2.30 bits per heavy atom. The fourth-order valence-electron chi connectivity index (χ4n) is 2.85. The Labute approximate surface area is 120 Å². The predicted molar refractivity (Wildman–Crippen MR) is 80.3 cm³/mol. The van der Waals surface area contributed by atoms with Crippen LogP contribution in [0.5, 0.6) is 0 Å². The number of rotatable bonds is 5. The summed E-state index contributed by atoms with van der Waals surface area (Å²) in [7, 11) is 1.45. The molecular weight excluding hydrogens is 252 g/mol. The van der Waals surface area contributed by atoms with Crippen LogP contribution >= 0.6 is 0 Å². The van der Waals surface area contributed by atoms with Gasteiger partial charge in [0.1, 0.15) is 6.04 Å². The fraction of sp³-hybridized carbons (Fsp3) is 0.562. The smallest absolute Gasteiger partial charge is 0.323 e. The number of carbonyl (C=O) groups is 1. The predicted octanol–water partition coefficient (Wildman–Crippen LogP) is 2.43. The first-order valence-electron chi connectivity index (χ1n) is 7.29. The third-order valence-corrected chi connectivity index (χ3v) is 4.29. The van der Waals surface area contributed by atoms with Gasteiger partial charge in [-0.2, -0.15) is 0 Å². The lowest BCUT2D eigenvalue weighted by Gasteiger charge is -2.26. The van der Waals surface area contributed by atoms with Gasteiger partial charge in [0.15, 0.2) is 0 Å². The lowest BCUT2D eigenvalue weighted by Crippen LogP contribution is -2.43. The average Bonchev–Trinajstić information content (AvgIpc) is 2.85. The molecule has 0 bridgehead atoms. The van der Waals surface area contributed by atoms with Crippen molar-refractivity contribution in [2.75, 3.05) is 12.8 Å². The van der Waals surface area contributed by atoms with Crippen LogP contribution in [0.25, 0.3) is 0 Å². The molecule has 4 nitrogen and oxygen atoms in total. The number of fused-ring (bicyclic) bond motifs is 1. The third kappa shape index (κ3) is 2.96. The van der Waals surface area contributed by atoms with Gasteiger partial charge in [-0.25, -0.2) is 0 Å². The first-order chi connectivity index (χ1) is 9.56. The van der Waals surface area contributed by atoms with Gasteiger partial charge in [0.05, 0.1) is 7.11 Å². The Bertz CT molecular complexity index is 487. The van der Waals surface area contributed by atoms with Gasteiger partial charge in [-0.1, -0.05) is 26.3 Å². The second-order valence-corrected chi connectivity index (χ2v) is 5.60. The number of esters is 1. The fourth-order valence-corrected chi connectivity index (χ4v) is 2.85. The van der Waals surface area contributed by atoms with Crippen molar-refractivity contribution in [3.63, 3.8) is 0 Å². The van der Waals surface area contributed by atoms with Crippen LogP contribution in [-0.4, -0.2) is 19.1 Å². The molecular formula is C16H24N2O2. The monoisotopic (exact) mass is 276 g/mol. The normalized spacial score (nSPS) is 20.2. The van der Waals surface area contributed by atoms with Gasteiger partial charge in [-0.15, -0.1) is 0 Å². The van der Waals surface area contributed by atoms with E-state index in [0.717, 1.165) is 24.9 Å². The number of methoxy groups -OCH3 is 1. The highest BCUT2D eigenvalue weighted by Crippen LogP contribution is 2.33. The number of carbonyl (C=O) groups excluding carboxylic acids is 1. The van der Waals surface area contributed by atoms with Crippen LogP contribution < -0.4 is 11.1 Å². The lowest BCUT2D eigenvalue weighted by atomic mass is 9.97. The molecule has 0 spiro atoms. The summed E-state index contributed by atoms with van der Waals surface area (Å²) in [6, 6.07) is 5.99. The van der Waals surface area contributed by atoms with Crippen LogP contribution in [0.3, 0.4) is 0 Å².